The third-order valence-electron chi connectivity index (χ3n) is 1.44. The van der Waals surface area contributed by atoms with Crippen molar-refractivity contribution in [2.75, 3.05) is 0 Å². The molecule has 1 nitrogen and oxygen atoms in total. The molecule has 0 aliphatic heterocycles. The number of hydrogen-bond acceptors (Lipinski definition) is 1. The van der Waals surface area contributed by atoms with E-state index in [0.717, 1.165) is 10.9 Å². The molecule has 44 valence electrons. The maximum Gasteiger partial charge on any atom is 0.144 e. The Kier molecular flexibility index (Phi) is 1.52. The summed E-state index contributed by atoms with van der Waals surface area (Å²) in [6.45, 7) is 0. The van der Waals surface area contributed by atoms with Crippen molar-refractivity contribution in [2.24, 2.45) is 0 Å². The summed E-state index contributed by atoms with van der Waals surface area (Å²) in [5.74, 6) is 0.414. The predicted molar refractivity (Wildman–Crippen MR) is 44.5 cm³/mol. The predicted octanol–water partition coefficient (Wildman–Crippen LogP) is -2.09. The van der Waals surface area contributed by atoms with Gasteiger partial charge in [0.1, 0.15) is 21.4 Å². The van der Waals surface area contributed by atoms with Gasteiger partial charge in [0.05, 0.1) is 0 Å². The number of benzene rings is 1. The minimum absolute atomic E-state index is 0.414. The molecule has 0 aliphatic rings. The molecule has 9 heavy (non-hydrogen) atoms. The smallest absolute Gasteiger partial charge is 0.144 e. The summed E-state index contributed by atoms with van der Waals surface area (Å²) in [6, 6.07) is 5.72. The zero-order valence-electron chi connectivity index (χ0n) is 5.68. The average molecular weight is 118 g/mol. The van der Waals surface area contributed by atoms with Crippen molar-refractivity contribution < 1.29 is 5.11 Å². The van der Waals surface area contributed by atoms with Crippen molar-refractivity contribution in [1.82, 2.24) is 0 Å². The maximum absolute atomic E-state index is 9.21. The Morgan fingerprint density at radius 1 is 1.11 bits per heavy atom. The molecule has 0 saturated carbocycles. The normalized spacial score (nSPS) is 9.33. The van der Waals surface area contributed by atoms with Gasteiger partial charge in [0.15, 0.2) is 0 Å². The summed E-state index contributed by atoms with van der Waals surface area (Å²) in [6.07, 6.45) is 0. The van der Waals surface area contributed by atoms with Crippen LogP contribution in [0.25, 0.3) is 0 Å². The lowest BCUT2D eigenvalue weighted by Crippen LogP contribution is -2.13. The number of phenols is 1. The lowest BCUT2D eigenvalue weighted by molar-refractivity contribution is 0.484. The number of hydrogen-bond donors (Lipinski definition) is 1. The average Bonchev–Trinajstić information content (AvgIpc) is 1.83. The Morgan fingerprint density at radius 2 is 1.56 bits per heavy atom. The van der Waals surface area contributed by atoms with Gasteiger partial charge >= 0.3 is 0 Å². The van der Waals surface area contributed by atoms with E-state index in [1.165, 1.54) is 0 Å². The second-order valence-corrected chi connectivity index (χ2v) is 2.24. The van der Waals surface area contributed by atoms with Crippen LogP contribution < -0.4 is 10.9 Å². The van der Waals surface area contributed by atoms with Crippen LogP contribution in [0.4, 0.5) is 0 Å². The van der Waals surface area contributed by atoms with Gasteiger partial charge in [-0.25, -0.2) is 0 Å². The fraction of sp³-hybridized carbons (Fsp3) is 0. The van der Waals surface area contributed by atoms with Gasteiger partial charge in [0, 0.05) is 0 Å². The number of rotatable bonds is 0. The molecule has 1 rings (SSSR count). The van der Waals surface area contributed by atoms with E-state index in [1.807, 2.05) is 33.9 Å². The highest BCUT2D eigenvalue weighted by Gasteiger charge is 1.94. The third-order valence-corrected chi connectivity index (χ3v) is 1.44. The molecule has 1 aromatic rings. The van der Waals surface area contributed by atoms with Crippen LogP contribution >= 0.6 is 0 Å². The summed E-state index contributed by atoms with van der Waals surface area (Å²) in [7, 11) is 3.78. The quantitative estimate of drug-likeness (QED) is 0.387. The van der Waals surface area contributed by atoms with Crippen LogP contribution in [0.5, 0.6) is 5.75 Å². The third kappa shape index (κ3) is 1.10. The lowest BCUT2D eigenvalue weighted by Gasteiger charge is -1.99. The number of para-hydroxylation sites is 1. The van der Waals surface area contributed by atoms with Crippen LogP contribution in [0.15, 0.2) is 18.2 Å². The van der Waals surface area contributed by atoms with E-state index >= 15 is 0 Å². The van der Waals surface area contributed by atoms with Crippen LogP contribution in [0.1, 0.15) is 0 Å². The van der Waals surface area contributed by atoms with E-state index in [9.17, 15) is 5.11 Å². The first-order valence-corrected chi connectivity index (χ1v) is 2.97. The van der Waals surface area contributed by atoms with Gasteiger partial charge in [-0.05, 0) is 10.9 Å². The Morgan fingerprint density at radius 3 is 1.89 bits per heavy atom. The van der Waals surface area contributed by atoms with Crippen molar-refractivity contribution >= 4 is 26.6 Å². The number of phenolic OH excluding ortho intramolecular Hbond substituents is 1. The highest BCUT2D eigenvalue weighted by Crippen LogP contribution is 1.94. The van der Waals surface area contributed by atoms with E-state index in [-0.39, 0.29) is 0 Å². The van der Waals surface area contributed by atoms with Crippen LogP contribution in [-0.2, 0) is 0 Å². The number of aromatic hydroxyl groups is 1. The van der Waals surface area contributed by atoms with Crippen LogP contribution in [-0.4, -0.2) is 20.8 Å². The summed E-state index contributed by atoms with van der Waals surface area (Å²) in [5.41, 5.74) is 1.88. The first-order valence-electron chi connectivity index (χ1n) is 2.97. The molecule has 0 aromatic heterocycles. The molecule has 0 bridgehead atoms. The van der Waals surface area contributed by atoms with E-state index < -0.39 is 0 Å². The van der Waals surface area contributed by atoms with Gasteiger partial charge in [0.2, 0.25) is 0 Å². The van der Waals surface area contributed by atoms with Crippen LogP contribution in [0.3, 0.4) is 0 Å². The molecule has 0 spiro atoms. The molecule has 1 N–H and O–H groups in total. The Labute approximate surface area is 56.5 Å². The van der Waals surface area contributed by atoms with Crippen molar-refractivity contribution in [3.05, 3.63) is 18.2 Å². The molecule has 0 fully saturated rings. The molecular weight excluding hydrogens is 110 g/mol. The van der Waals surface area contributed by atoms with Crippen LogP contribution in [0, 0.1) is 0 Å². The second-order valence-electron chi connectivity index (χ2n) is 2.24. The Hall–Kier alpha value is -0.850. The topological polar surface area (TPSA) is 20.2 Å². The summed E-state index contributed by atoms with van der Waals surface area (Å²) in [4.78, 5) is 0. The van der Waals surface area contributed by atoms with Crippen LogP contribution in [0.2, 0.25) is 0 Å². The van der Waals surface area contributed by atoms with Gasteiger partial charge in [-0.3, -0.25) is 0 Å². The maximum atomic E-state index is 9.21. The molecule has 0 heterocycles. The van der Waals surface area contributed by atoms with Gasteiger partial charge in [0.25, 0.3) is 0 Å². The highest BCUT2D eigenvalue weighted by atomic mass is 16.3. The fourth-order valence-electron chi connectivity index (χ4n) is 0.806. The van der Waals surface area contributed by atoms with E-state index in [0.29, 0.717) is 5.75 Å². The summed E-state index contributed by atoms with van der Waals surface area (Å²) >= 11 is 0. The van der Waals surface area contributed by atoms with E-state index in [4.69, 9.17) is 0 Å². The van der Waals surface area contributed by atoms with Crippen molar-refractivity contribution in [3.63, 3.8) is 0 Å². The first-order chi connectivity index (χ1) is 4.22. The molecule has 0 radical (unpaired) electrons. The molecule has 0 unspecified atom stereocenters. The zero-order valence-corrected chi connectivity index (χ0v) is 5.68. The Balaban J connectivity index is 3.25. The Bertz CT molecular complexity index is 202. The van der Waals surface area contributed by atoms with Gasteiger partial charge in [-0.15, -0.1) is 0 Å². The first kappa shape index (κ1) is 6.27. The SMILES string of the molecule is Bc1cccc(B)c1O. The fourth-order valence-corrected chi connectivity index (χ4v) is 0.806. The van der Waals surface area contributed by atoms with Gasteiger partial charge in [-0.1, -0.05) is 18.2 Å². The van der Waals surface area contributed by atoms with Crippen molar-refractivity contribution in [1.29, 1.82) is 0 Å². The molecule has 0 atom stereocenters. The highest BCUT2D eigenvalue weighted by molar-refractivity contribution is 6.41. The van der Waals surface area contributed by atoms with Gasteiger partial charge < -0.3 is 5.11 Å². The molecular formula is C6H8B2O. The summed E-state index contributed by atoms with van der Waals surface area (Å²) in [5, 5.41) is 9.21. The second kappa shape index (κ2) is 2.18. The van der Waals surface area contributed by atoms with E-state index in [1.54, 1.807) is 0 Å². The molecule has 0 saturated heterocycles. The molecule has 1 aromatic carbocycles. The van der Waals surface area contributed by atoms with E-state index in [2.05, 4.69) is 0 Å². The van der Waals surface area contributed by atoms with Gasteiger partial charge in [-0.2, -0.15) is 0 Å². The zero-order chi connectivity index (χ0) is 6.85. The summed E-state index contributed by atoms with van der Waals surface area (Å²) < 4.78 is 0. The molecule has 3 heteroatoms. The largest absolute Gasteiger partial charge is 0.509 e. The van der Waals surface area contributed by atoms with Crippen molar-refractivity contribution in [3.8, 4) is 5.75 Å². The minimum Gasteiger partial charge on any atom is -0.509 e. The monoisotopic (exact) mass is 118 g/mol. The van der Waals surface area contributed by atoms with Crippen molar-refractivity contribution in [2.45, 2.75) is 0 Å². The molecule has 0 aliphatic carbocycles. The standard InChI is InChI=1S/C6H8B2O/c7-4-2-1-3-5(8)6(4)9/h1-3,9H,7-8H2. The lowest BCUT2D eigenvalue weighted by atomic mass is 9.86. The molecule has 0 amide bonds. The minimum atomic E-state index is 0.414.